The molecule has 0 aromatic heterocycles. The highest BCUT2D eigenvalue weighted by Gasteiger charge is 2.32. The molecule has 0 aliphatic carbocycles. The van der Waals surface area contributed by atoms with E-state index in [0.717, 1.165) is 49.7 Å². The number of amides is 4. The summed E-state index contributed by atoms with van der Waals surface area (Å²) in [6.07, 6.45) is 15.3. The molecular weight excluding hydrogens is 556 g/mol. The zero-order valence-electron chi connectivity index (χ0n) is 28.3. The Hall–Kier alpha value is -2.71. The maximum Gasteiger partial charge on any atom is 0.508 e. The fraction of sp³-hybridized carbons (Fsp3) is 0.800. The van der Waals surface area contributed by atoms with Crippen molar-refractivity contribution in [2.75, 3.05) is 26.2 Å². The van der Waals surface area contributed by atoms with Crippen LogP contribution in [0.25, 0.3) is 0 Å². The van der Waals surface area contributed by atoms with E-state index in [2.05, 4.69) is 37.6 Å². The van der Waals surface area contributed by atoms with E-state index in [0.29, 0.717) is 39.0 Å². The predicted molar refractivity (Wildman–Crippen MR) is 178 cm³/mol. The lowest BCUT2D eigenvalue weighted by molar-refractivity contribution is 0.00659. The summed E-state index contributed by atoms with van der Waals surface area (Å²) in [6, 6.07) is -0.241. The molecule has 4 amide bonds. The smallest absolute Gasteiger partial charge is 0.431 e. The second kappa shape index (κ2) is 21.1. The SMILES string of the molecule is C=C(CC(C)OC(=O)OC(C)CC(=C)C(CCCCCCCC)N1CCNC1=O)C(CCCCCCCC)N1CCNC1=O. The van der Waals surface area contributed by atoms with Crippen LogP contribution in [-0.2, 0) is 9.47 Å². The zero-order valence-corrected chi connectivity index (χ0v) is 28.3. The van der Waals surface area contributed by atoms with Crippen molar-refractivity contribution < 1.29 is 23.9 Å². The van der Waals surface area contributed by atoms with Gasteiger partial charge in [-0.2, -0.15) is 0 Å². The maximum absolute atomic E-state index is 12.7. The third kappa shape index (κ3) is 13.5. The molecule has 9 nitrogen and oxygen atoms in total. The van der Waals surface area contributed by atoms with Gasteiger partial charge in [-0.25, -0.2) is 14.4 Å². The predicted octanol–water partition coefficient (Wildman–Crippen LogP) is 8.10. The van der Waals surface area contributed by atoms with Gasteiger partial charge in [0.05, 0.1) is 12.1 Å². The van der Waals surface area contributed by atoms with Gasteiger partial charge in [0.15, 0.2) is 0 Å². The first-order valence-corrected chi connectivity index (χ1v) is 17.5. The molecule has 2 aliphatic rings. The number of nitrogens with one attached hydrogen (secondary N) is 2. The third-order valence-electron chi connectivity index (χ3n) is 8.83. The topological polar surface area (TPSA) is 100 Å². The highest BCUT2D eigenvalue weighted by Crippen LogP contribution is 2.26. The molecule has 2 N–H and O–H groups in total. The zero-order chi connectivity index (χ0) is 32.3. The summed E-state index contributed by atoms with van der Waals surface area (Å²) in [6.45, 7) is 19.3. The molecule has 0 radical (unpaired) electrons. The van der Waals surface area contributed by atoms with Gasteiger partial charge >= 0.3 is 18.2 Å². The summed E-state index contributed by atoms with van der Waals surface area (Å²) in [5.74, 6) is 0. The van der Waals surface area contributed by atoms with E-state index >= 15 is 0 Å². The summed E-state index contributed by atoms with van der Waals surface area (Å²) in [5, 5.41) is 5.81. The van der Waals surface area contributed by atoms with Gasteiger partial charge in [0.1, 0.15) is 12.2 Å². The Morgan fingerprint density at radius 2 is 1.05 bits per heavy atom. The number of carbonyl (C=O) groups excluding carboxylic acids is 3. The monoisotopic (exact) mass is 618 g/mol. The van der Waals surface area contributed by atoms with Crippen LogP contribution in [0, 0.1) is 0 Å². The molecule has 9 heteroatoms. The molecule has 4 atom stereocenters. The van der Waals surface area contributed by atoms with Gasteiger partial charge in [-0.1, -0.05) is 115 Å². The van der Waals surface area contributed by atoms with Gasteiger partial charge in [-0.15, -0.1) is 0 Å². The lowest BCUT2D eigenvalue weighted by atomic mass is 9.95. The van der Waals surface area contributed by atoms with Crippen molar-refractivity contribution in [1.82, 2.24) is 20.4 Å². The summed E-state index contributed by atoms with van der Waals surface area (Å²) in [4.78, 5) is 41.4. The first kappa shape index (κ1) is 37.5. The second-order valence-electron chi connectivity index (χ2n) is 12.8. The molecular formula is C35H62N4O5. The number of hydrogen-bond acceptors (Lipinski definition) is 5. The van der Waals surface area contributed by atoms with Gasteiger partial charge in [-0.05, 0) is 26.7 Å². The minimum Gasteiger partial charge on any atom is -0.431 e. The molecule has 0 aromatic carbocycles. The van der Waals surface area contributed by atoms with Crippen LogP contribution in [0.2, 0.25) is 0 Å². The van der Waals surface area contributed by atoms with Crippen LogP contribution < -0.4 is 10.6 Å². The molecule has 2 aliphatic heterocycles. The van der Waals surface area contributed by atoms with Crippen molar-refractivity contribution >= 4 is 18.2 Å². The Bertz CT molecular complexity index is 840. The highest BCUT2D eigenvalue weighted by molar-refractivity contribution is 5.77. The molecule has 0 spiro atoms. The number of hydrogen-bond donors (Lipinski definition) is 2. The van der Waals surface area contributed by atoms with Crippen LogP contribution >= 0.6 is 0 Å². The number of nitrogens with zero attached hydrogens (tertiary/aromatic N) is 2. The molecule has 0 bridgehead atoms. The van der Waals surface area contributed by atoms with Crippen LogP contribution in [0.3, 0.4) is 0 Å². The minimum atomic E-state index is -0.719. The van der Waals surface area contributed by atoms with Crippen molar-refractivity contribution in [3.05, 3.63) is 24.3 Å². The summed E-state index contributed by atoms with van der Waals surface area (Å²) in [5.41, 5.74) is 1.80. The second-order valence-corrected chi connectivity index (χ2v) is 12.8. The van der Waals surface area contributed by atoms with Crippen LogP contribution in [0.15, 0.2) is 24.3 Å². The lowest BCUT2D eigenvalue weighted by Crippen LogP contribution is -2.40. The van der Waals surface area contributed by atoms with Gasteiger partial charge in [0, 0.05) is 39.0 Å². The standard InChI is InChI=1S/C35H62N4O5/c1-7-9-11-13-15-17-19-31(38-23-21-36-33(38)40)27(3)25-29(5)43-35(42)44-30(6)26-28(4)32(39-24-22-37-34(39)41)20-18-16-14-12-10-8-2/h29-32H,3-4,7-26H2,1-2,5-6H3,(H,36,40)(H,37,41). The van der Waals surface area contributed by atoms with Gasteiger partial charge < -0.3 is 29.9 Å². The van der Waals surface area contributed by atoms with Crippen LogP contribution in [0.5, 0.6) is 0 Å². The minimum absolute atomic E-state index is 0.0506. The van der Waals surface area contributed by atoms with E-state index in [9.17, 15) is 14.4 Å². The Morgan fingerprint density at radius 3 is 1.39 bits per heavy atom. The van der Waals surface area contributed by atoms with E-state index in [4.69, 9.17) is 9.47 Å². The van der Waals surface area contributed by atoms with Gasteiger partial charge in [-0.3, -0.25) is 0 Å². The van der Waals surface area contributed by atoms with Crippen molar-refractivity contribution in [2.24, 2.45) is 0 Å². The third-order valence-corrected chi connectivity index (χ3v) is 8.83. The Balaban J connectivity index is 1.83. The molecule has 2 fully saturated rings. The fourth-order valence-corrected chi connectivity index (χ4v) is 6.41. The van der Waals surface area contributed by atoms with Crippen LogP contribution in [-0.4, -0.2) is 78.5 Å². The first-order valence-electron chi connectivity index (χ1n) is 17.5. The van der Waals surface area contributed by atoms with E-state index < -0.39 is 18.4 Å². The first-order chi connectivity index (χ1) is 21.2. The Labute approximate surface area is 267 Å². The number of carbonyl (C=O) groups is 3. The Kier molecular flexibility index (Phi) is 18.0. The fourth-order valence-electron chi connectivity index (χ4n) is 6.41. The van der Waals surface area contributed by atoms with E-state index in [1.807, 2.05) is 23.6 Å². The Morgan fingerprint density at radius 1 is 0.682 bits per heavy atom. The van der Waals surface area contributed by atoms with Crippen molar-refractivity contribution in [1.29, 1.82) is 0 Å². The number of rotatable bonds is 24. The molecule has 4 unspecified atom stereocenters. The van der Waals surface area contributed by atoms with Crippen molar-refractivity contribution in [3.63, 3.8) is 0 Å². The van der Waals surface area contributed by atoms with Gasteiger partial charge in [0.25, 0.3) is 0 Å². The molecule has 2 rings (SSSR count). The van der Waals surface area contributed by atoms with Crippen LogP contribution in [0.1, 0.15) is 130 Å². The number of ether oxygens (including phenoxy) is 2. The molecule has 2 saturated heterocycles. The largest absolute Gasteiger partial charge is 0.508 e. The molecule has 2 heterocycles. The average Bonchev–Trinajstić information content (AvgIpc) is 3.59. The quantitative estimate of drug-likeness (QED) is 0.0647. The normalized spacial score (nSPS) is 17.5. The average molecular weight is 619 g/mol. The molecule has 0 aromatic rings. The lowest BCUT2D eigenvalue weighted by Gasteiger charge is -2.30. The maximum atomic E-state index is 12.7. The number of unbranched alkanes of at least 4 members (excludes halogenated alkanes) is 10. The molecule has 44 heavy (non-hydrogen) atoms. The summed E-state index contributed by atoms with van der Waals surface area (Å²) < 4.78 is 11.3. The van der Waals surface area contributed by atoms with Crippen LogP contribution in [0.4, 0.5) is 14.4 Å². The molecule has 252 valence electrons. The van der Waals surface area contributed by atoms with Crippen molar-refractivity contribution in [2.45, 2.75) is 155 Å². The van der Waals surface area contributed by atoms with E-state index in [1.165, 1.54) is 51.4 Å². The summed E-state index contributed by atoms with van der Waals surface area (Å²) >= 11 is 0. The number of urea groups is 2. The van der Waals surface area contributed by atoms with E-state index in [-0.39, 0.29) is 24.1 Å². The van der Waals surface area contributed by atoms with Gasteiger partial charge in [0.2, 0.25) is 0 Å². The highest BCUT2D eigenvalue weighted by atomic mass is 16.7. The van der Waals surface area contributed by atoms with E-state index in [1.54, 1.807) is 0 Å². The summed E-state index contributed by atoms with van der Waals surface area (Å²) in [7, 11) is 0. The van der Waals surface area contributed by atoms with Crippen molar-refractivity contribution in [3.8, 4) is 0 Å². The molecule has 0 saturated carbocycles.